The van der Waals surface area contributed by atoms with Crippen molar-refractivity contribution in [3.05, 3.63) is 65.2 Å². The topological polar surface area (TPSA) is 46.2 Å². The number of sulfonamides is 1. The minimum atomic E-state index is -5.45. The summed E-state index contributed by atoms with van der Waals surface area (Å²) in [5, 5.41) is 0. The second-order valence-corrected chi connectivity index (χ2v) is 6.56. The average molecular weight is 341 g/mol. The Morgan fingerprint density at radius 1 is 0.957 bits per heavy atom. The standard InChI is InChI=1S/C16H14F3NO2S/c1-12-6-8-13(9-7-12)10-11-14-4-2-3-5-15(14)20-23(21,22)16(17,18)19/h2-11,20H,1H3/b11-10+. The molecule has 23 heavy (non-hydrogen) atoms. The van der Waals surface area contributed by atoms with Crippen LogP contribution in [0, 0.1) is 6.92 Å². The molecule has 2 aromatic carbocycles. The Morgan fingerprint density at radius 3 is 2.17 bits per heavy atom. The molecule has 0 unspecified atom stereocenters. The van der Waals surface area contributed by atoms with Crippen molar-refractivity contribution in [1.29, 1.82) is 0 Å². The van der Waals surface area contributed by atoms with Gasteiger partial charge < -0.3 is 0 Å². The largest absolute Gasteiger partial charge is 0.516 e. The van der Waals surface area contributed by atoms with E-state index in [0.29, 0.717) is 5.56 Å². The first-order valence-corrected chi connectivity index (χ1v) is 8.10. The molecular weight excluding hydrogens is 327 g/mol. The van der Waals surface area contributed by atoms with Gasteiger partial charge in [-0.25, -0.2) is 0 Å². The van der Waals surface area contributed by atoms with Gasteiger partial charge >= 0.3 is 15.5 Å². The molecule has 0 amide bonds. The Kier molecular flexibility index (Phi) is 4.79. The van der Waals surface area contributed by atoms with Gasteiger partial charge in [-0.1, -0.05) is 60.2 Å². The molecular formula is C16H14F3NO2S. The number of halogens is 3. The van der Waals surface area contributed by atoms with Crippen LogP contribution in [0.15, 0.2) is 48.5 Å². The van der Waals surface area contributed by atoms with Crippen LogP contribution < -0.4 is 4.72 Å². The molecule has 0 radical (unpaired) electrons. The van der Waals surface area contributed by atoms with Gasteiger partial charge in [0.15, 0.2) is 0 Å². The van der Waals surface area contributed by atoms with E-state index in [9.17, 15) is 21.6 Å². The second-order valence-electron chi connectivity index (χ2n) is 4.88. The third-order valence-corrected chi connectivity index (χ3v) is 4.14. The second kappa shape index (κ2) is 6.45. The van der Waals surface area contributed by atoms with E-state index < -0.39 is 15.5 Å². The summed E-state index contributed by atoms with van der Waals surface area (Å²) in [5.74, 6) is 0. The fraction of sp³-hybridized carbons (Fsp3) is 0.125. The Labute approximate surface area is 132 Å². The number of benzene rings is 2. The minimum absolute atomic E-state index is 0.131. The van der Waals surface area contributed by atoms with Crippen molar-refractivity contribution < 1.29 is 21.6 Å². The van der Waals surface area contributed by atoms with Crippen molar-refractivity contribution in [2.75, 3.05) is 4.72 Å². The smallest absolute Gasteiger partial charge is 0.275 e. The Hall–Kier alpha value is -2.28. The van der Waals surface area contributed by atoms with Crippen LogP contribution in [0.2, 0.25) is 0 Å². The van der Waals surface area contributed by atoms with Crippen molar-refractivity contribution in [2.45, 2.75) is 12.4 Å². The summed E-state index contributed by atoms with van der Waals surface area (Å²) >= 11 is 0. The van der Waals surface area contributed by atoms with Gasteiger partial charge in [0.25, 0.3) is 0 Å². The lowest BCUT2D eigenvalue weighted by Gasteiger charge is -2.12. The quantitative estimate of drug-likeness (QED) is 0.837. The first-order valence-electron chi connectivity index (χ1n) is 6.62. The summed E-state index contributed by atoms with van der Waals surface area (Å²) in [5.41, 5.74) is -3.22. The molecule has 0 aliphatic rings. The number of aryl methyl sites for hydroxylation is 1. The van der Waals surface area contributed by atoms with Crippen LogP contribution in [-0.4, -0.2) is 13.9 Å². The highest BCUT2D eigenvalue weighted by Gasteiger charge is 2.46. The van der Waals surface area contributed by atoms with Gasteiger partial charge in [-0.3, -0.25) is 4.72 Å². The van der Waals surface area contributed by atoms with E-state index in [4.69, 9.17) is 0 Å². The summed E-state index contributed by atoms with van der Waals surface area (Å²) in [6.07, 6.45) is 3.25. The van der Waals surface area contributed by atoms with E-state index in [1.165, 1.54) is 18.2 Å². The van der Waals surface area contributed by atoms with E-state index in [1.807, 2.05) is 31.2 Å². The lowest BCUT2D eigenvalue weighted by Crippen LogP contribution is -2.30. The van der Waals surface area contributed by atoms with E-state index in [-0.39, 0.29) is 5.69 Å². The summed E-state index contributed by atoms with van der Waals surface area (Å²) in [6, 6.07) is 13.4. The highest BCUT2D eigenvalue weighted by Crippen LogP contribution is 2.27. The normalized spacial score (nSPS) is 12.5. The molecule has 122 valence electrons. The summed E-state index contributed by atoms with van der Waals surface area (Å²) in [7, 11) is -5.45. The average Bonchev–Trinajstić information content (AvgIpc) is 2.46. The fourth-order valence-electron chi connectivity index (χ4n) is 1.80. The third-order valence-electron chi connectivity index (χ3n) is 3.04. The van der Waals surface area contributed by atoms with Gasteiger partial charge in [-0.05, 0) is 24.1 Å². The first kappa shape index (κ1) is 17.1. The van der Waals surface area contributed by atoms with Crippen LogP contribution in [0.4, 0.5) is 18.9 Å². The van der Waals surface area contributed by atoms with Gasteiger partial charge in [0.1, 0.15) is 0 Å². The maximum Gasteiger partial charge on any atom is 0.516 e. The fourth-order valence-corrected chi connectivity index (χ4v) is 2.39. The van der Waals surface area contributed by atoms with Crippen LogP contribution in [-0.2, 0) is 10.0 Å². The zero-order valence-corrected chi connectivity index (χ0v) is 12.9. The number of rotatable bonds is 4. The van der Waals surface area contributed by atoms with Crippen molar-refractivity contribution in [3.63, 3.8) is 0 Å². The number of hydrogen-bond acceptors (Lipinski definition) is 2. The van der Waals surface area contributed by atoms with Crippen LogP contribution in [0.5, 0.6) is 0 Å². The molecule has 2 aromatic rings. The third kappa shape index (κ3) is 4.35. The molecule has 2 rings (SSSR count). The maximum absolute atomic E-state index is 12.5. The molecule has 0 heterocycles. The van der Waals surface area contributed by atoms with Crippen molar-refractivity contribution in [1.82, 2.24) is 0 Å². The molecule has 0 fully saturated rings. The van der Waals surface area contributed by atoms with E-state index in [1.54, 1.807) is 22.9 Å². The summed E-state index contributed by atoms with van der Waals surface area (Å²) < 4.78 is 61.4. The van der Waals surface area contributed by atoms with E-state index in [0.717, 1.165) is 11.1 Å². The molecule has 0 aliphatic carbocycles. The van der Waals surface area contributed by atoms with Crippen LogP contribution in [0.1, 0.15) is 16.7 Å². The van der Waals surface area contributed by atoms with Crippen molar-refractivity contribution >= 4 is 27.9 Å². The Bertz CT molecular complexity index is 810. The van der Waals surface area contributed by atoms with Gasteiger partial charge in [0, 0.05) is 0 Å². The lowest BCUT2D eigenvalue weighted by atomic mass is 10.1. The van der Waals surface area contributed by atoms with Crippen LogP contribution >= 0.6 is 0 Å². The molecule has 7 heteroatoms. The zero-order valence-electron chi connectivity index (χ0n) is 12.1. The molecule has 0 aliphatic heterocycles. The lowest BCUT2D eigenvalue weighted by molar-refractivity contribution is -0.0429. The first-order chi connectivity index (χ1) is 10.7. The van der Waals surface area contributed by atoms with E-state index in [2.05, 4.69) is 0 Å². The molecule has 0 aromatic heterocycles. The Morgan fingerprint density at radius 2 is 1.57 bits per heavy atom. The van der Waals surface area contributed by atoms with Crippen LogP contribution in [0.3, 0.4) is 0 Å². The SMILES string of the molecule is Cc1ccc(/C=C/c2ccccc2NS(=O)(=O)C(F)(F)F)cc1. The zero-order chi connectivity index (χ0) is 17.1. The molecule has 0 saturated heterocycles. The van der Waals surface area contributed by atoms with Gasteiger partial charge in [0.2, 0.25) is 0 Å². The molecule has 0 bridgehead atoms. The molecule has 3 nitrogen and oxygen atoms in total. The number of para-hydroxylation sites is 1. The summed E-state index contributed by atoms with van der Waals surface area (Å²) in [6.45, 7) is 1.94. The summed E-state index contributed by atoms with van der Waals surface area (Å²) in [4.78, 5) is 0. The van der Waals surface area contributed by atoms with E-state index >= 15 is 0 Å². The minimum Gasteiger partial charge on any atom is -0.275 e. The van der Waals surface area contributed by atoms with Crippen molar-refractivity contribution in [2.24, 2.45) is 0 Å². The Balaban J connectivity index is 2.29. The number of nitrogens with one attached hydrogen (secondary N) is 1. The number of hydrogen-bond donors (Lipinski definition) is 1. The van der Waals surface area contributed by atoms with Gasteiger partial charge in [-0.15, -0.1) is 0 Å². The van der Waals surface area contributed by atoms with Crippen molar-refractivity contribution in [3.8, 4) is 0 Å². The highest BCUT2D eigenvalue weighted by molar-refractivity contribution is 7.93. The predicted molar refractivity (Wildman–Crippen MR) is 85.1 cm³/mol. The van der Waals surface area contributed by atoms with Gasteiger partial charge in [-0.2, -0.15) is 21.6 Å². The number of anilines is 1. The highest BCUT2D eigenvalue weighted by atomic mass is 32.2. The van der Waals surface area contributed by atoms with Crippen LogP contribution in [0.25, 0.3) is 12.2 Å². The molecule has 0 spiro atoms. The molecule has 0 atom stereocenters. The van der Waals surface area contributed by atoms with Gasteiger partial charge in [0.05, 0.1) is 5.69 Å². The monoisotopic (exact) mass is 341 g/mol. The predicted octanol–water partition coefficient (Wildman–Crippen LogP) is 4.43. The molecule has 0 saturated carbocycles. The molecule has 1 N–H and O–H groups in total. The maximum atomic E-state index is 12.5. The number of alkyl halides is 3.